The lowest BCUT2D eigenvalue weighted by atomic mass is 9.95. The average Bonchev–Trinajstić information content (AvgIpc) is 3.01. The van der Waals surface area contributed by atoms with Crippen LogP contribution in [0.2, 0.25) is 0 Å². The van der Waals surface area contributed by atoms with Crippen LogP contribution in [0, 0.1) is 19.8 Å². The summed E-state index contributed by atoms with van der Waals surface area (Å²) in [5.41, 5.74) is 5.16. The number of benzene rings is 1. The minimum atomic E-state index is 0.0141. The number of carbonyl (C=O) groups excluding carboxylic acids is 2. The van der Waals surface area contributed by atoms with Gasteiger partial charge in [-0.15, -0.1) is 0 Å². The second kappa shape index (κ2) is 8.21. The van der Waals surface area contributed by atoms with E-state index in [0.717, 1.165) is 35.5 Å². The van der Waals surface area contributed by atoms with Gasteiger partial charge in [-0.05, 0) is 56.4 Å². The van der Waals surface area contributed by atoms with Crippen LogP contribution in [0.5, 0.6) is 0 Å². The van der Waals surface area contributed by atoms with Gasteiger partial charge in [0.25, 0.3) is 5.91 Å². The lowest BCUT2D eigenvalue weighted by molar-refractivity contribution is -0.125. The first-order chi connectivity index (χ1) is 13.3. The van der Waals surface area contributed by atoms with Gasteiger partial charge >= 0.3 is 0 Å². The molecule has 1 aliphatic rings. The van der Waals surface area contributed by atoms with Crippen molar-refractivity contribution < 1.29 is 9.59 Å². The van der Waals surface area contributed by atoms with Gasteiger partial charge < -0.3 is 14.8 Å². The number of aromatic nitrogens is 1. The lowest BCUT2D eigenvalue weighted by Gasteiger charge is -2.31. The third-order valence-corrected chi connectivity index (χ3v) is 5.86. The third kappa shape index (κ3) is 3.84. The standard InChI is InChI=1S/C23H31N3O2/c1-15(2)19-7-6-8-20(14-19)26-16(3)13-21(17(26)4)23(28)25-11-9-18(10-12-25)22(27)24-5/h6-8,13-15,18H,9-12H2,1-5H3,(H,24,27). The van der Waals surface area contributed by atoms with Crippen LogP contribution in [0.4, 0.5) is 0 Å². The van der Waals surface area contributed by atoms with Gasteiger partial charge in [-0.2, -0.15) is 0 Å². The van der Waals surface area contributed by atoms with Crippen molar-refractivity contribution in [1.29, 1.82) is 0 Å². The molecule has 1 aromatic carbocycles. The molecule has 0 bridgehead atoms. The first-order valence-corrected chi connectivity index (χ1v) is 10.1. The van der Waals surface area contributed by atoms with Crippen molar-refractivity contribution in [3.8, 4) is 5.69 Å². The molecule has 0 atom stereocenters. The maximum Gasteiger partial charge on any atom is 0.255 e. The first-order valence-electron chi connectivity index (χ1n) is 10.1. The molecular formula is C23H31N3O2. The summed E-state index contributed by atoms with van der Waals surface area (Å²) in [6, 6.07) is 10.5. The van der Waals surface area contributed by atoms with Crippen LogP contribution in [0.15, 0.2) is 30.3 Å². The van der Waals surface area contributed by atoms with E-state index in [2.05, 4.69) is 48.0 Å². The highest BCUT2D eigenvalue weighted by molar-refractivity contribution is 5.96. The zero-order valence-corrected chi connectivity index (χ0v) is 17.6. The van der Waals surface area contributed by atoms with Gasteiger partial charge in [0.2, 0.25) is 5.91 Å². The third-order valence-electron chi connectivity index (χ3n) is 5.86. The van der Waals surface area contributed by atoms with Crippen molar-refractivity contribution >= 4 is 11.8 Å². The minimum Gasteiger partial charge on any atom is -0.359 e. The monoisotopic (exact) mass is 381 g/mol. The van der Waals surface area contributed by atoms with Gasteiger partial charge in [0, 0.05) is 43.1 Å². The van der Waals surface area contributed by atoms with E-state index in [0.29, 0.717) is 19.0 Å². The quantitative estimate of drug-likeness (QED) is 0.875. The Labute approximate surface area is 167 Å². The number of aryl methyl sites for hydroxylation is 1. The van der Waals surface area contributed by atoms with Crippen molar-refractivity contribution in [2.75, 3.05) is 20.1 Å². The summed E-state index contributed by atoms with van der Waals surface area (Å²) >= 11 is 0. The highest BCUT2D eigenvalue weighted by Gasteiger charge is 2.29. The van der Waals surface area contributed by atoms with Crippen molar-refractivity contribution in [3.05, 3.63) is 52.8 Å². The number of nitrogens with one attached hydrogen (secondary N) is 1. The first kappa shape index (κ1) is 20.2. The van der Waals surface area contributed by atoms with Crippen molar-refractivity contribution in [1.82, 2.24) is 14.8 Å². The second-order valence-electron chi connectivity index (χ2n) is 8.05. The van der Waals surface area contributed by atoms with Crippen molar-refractivity contribution in [2.45, 2.75) is 46.5 Å². The summed E-state index contributed by atoms with van der Waals surface area (Å²) in [6.07, 6.45) is 1.45. The molecule has 0 saturated carbocycles. The molecule has 2 aromatic rings. The summed E-state index contributed by atoms with van der Waals surface area (Å²) in [6.45, 7) is 9.69. The van der Waals surface area contributed by atoms with Crippen LogP contribution in [0.1, 0.15) is 59.9 Å². The highest BCUT2D eigenvalue weighted by Crippen LogP contribution is 2.26. The summed E-state index contributed by atoms with van der Waals surface area (Å²) in [4.78, 5) is 26.9. The SMILES string of the molecule is CNC(=O)C1CCN(C(=O)c2cc(C)n(-c3cccc(C(C)C)c3)c2C)CC1. The van der Waals surface area contributed by atoms with Gasteiger partial charge in [0.1, 0.15) is 0 Å². The number of hydrogen-bond acceptors (Lipinski definition) is 2. The molecule has 1 aromatic heterocycles. The van der Waals surface area contributed by atoms with E-state index >= 15 is 0 Å². The number of hydrogen-bond donors (Lipinski definition) is 1. The fourth-order valence-electron chi connectivity index (χ4n) is 4.12. The van der Waals surface area contributed by atoms with E-state index in [1.54, 1.807) is 7.05 Å². The number of carbonyl (C=O) groups is 2. The summed E-state index contributed by atoms with van der Waals surface area (Å²) in [5.74, 6) is 0.615. The second-order valence-corrected chi connectivity index (χ2v) is 8.05. The Hall–Kier alpha value is -2.56. The van der Waals surface area contributed by atoms with E-state index in [-0.39, 0.29) is 17.7 Å². The predicted molar refractivity (Wildman–Crippen MR) is 112 cm³/mol. The average molecular weight is 382 g/mol. The van der Waals surface area contributed by atoms with E-state index in [1.165, 1.54) is 5.56 Å². The molecule has 150 valence electrons. The molecule has 2 amide bonds. The van der Waals surface area contributed by atoms with E-state index < -0.39 is 0 Å². The number of rotatable bonds is 4. The molecule has 0 spiro atoms. The normalized spacial score (nSPS) is 15.1. The van der Waals surface area contributed by atoms with Crippen LogP contribution in [-0.4, -0.2) is 41.4 Å². The summed E-state index contributed by atoms with van der Waals surface area (Å²) in [7, 11) is 1.67. The fourth-order valence-corrected chi connectivity index (χ4v) is 4.12. The van der Waals surface area contributed by atoms with Gasteiger partial charge in [-0.3, -0.25) is 9.59 Å². The Kier molecular flexibility index (Phi) is 5.92. The van der Waals surface area contributed by atoms with Crippen LogP contribution < -0.4 is 5.32 Å². The van der Waals surface area contributed by atoms with Crippen molar-refractivity contribution in [3.63, 3.8) is 0 Å². The van der Waals surface area contributed by atoms with E-state index in [1.807, 2.05) is 24.8 Å². The van der Waals surface area contributed by atoms with E-state index in [4.69, 9.17) is 0 Å². The lowest BCUT2D eigenvalue weighted by Crippen LogP contribution is -2.42. The van der Waals surface area contributed by atoms with Gasteiger partial charge in [-0.1, -0.05) is 26.0 Å². The molecule has 5 heteroatoms. The largest absolute Gasteiger partial charge is 0.359 e. The van der Waals surface area contributed by atoms with Crippen LogP contribution in [0.3, 0.4) is 0 Å². The zero-order chi connectivity index (χ0) is 20.4. The van der Waals surface area contributed by atoms with Gasteiger partial charge in [-0.25, -0.2) is 0 Å². The Morgan fingerprint density at radius 3 is 2.39 bits per heavy atom. The molecule has 1 aliphatic heterocycles. The zero-order valence-electron chi connectivity index (χ0n) is 17.6. The predicted octanol–water partition coefficient (Wildman–Crippen LogP) is 3.82. The molecule has 2 heterocycles. The number of likely N-dealkylation sites (tertiary alicyclic amines) is 1. The molecule has 0 aliphatic carbocycles. The Morgan fingerprint density at radius 2 is 1.79 bits per heavy atom. The highest BCUT2D eigenvalue weighted by atomic mass is 16.2. The maximum absolute atomic E-state index is 13.2. The topological polar surface area (TPSA) is 54.3 Å². The summed E-state index contributed by atoms with van der Waals surface area (Å²) < 4.78 is 2.16. The molecule has 5 nitrogen and oxygen atoms in total. The van der Waals surface area contributed by atoms with Gasteiger partial charge in [0.15, 0.2) is 0 Å². The molecule has 1 N–H and O–H groups in total. The Morgan fingerprint density at radius 1 is 1.11 bits per heavy atom. The molecule has 1 saturated heterocycles. The maximum atomic E-state index is 13.2. The fraction of sp³-hybridized carbons (Fsp3) is 0.478. The molecular weight excluding hydrogens is 350 g/mol. The smallest absolute Gasteiger partial charge is 0.255 e. The minimum absolute atomic E-state index is 0.0141. The van der Waals surface area contributed by atoms with Gasteiger partial charge in [0.05, 0.1) is 5.56 Å². The van der Waals surface area contributed by atoms with Crippen molar-refractivity contribution in [2.24, 2.45) is 5.92 Å². The number of nitrogens with zero attached hydrogens (tertiary/aromatic N) is 2. The number of piperidine rings is 1. The van der Waals surface area contributed by atoms with Crippen LogP contribution in [-0.2, 0) is 4.79 Å². The molecule has 1 fully saturated rings. The molecule has 0 radical (unpaired) electrons. The Balaban J connectivity index is 1.83. The van der Waals surface area contributed by atoms with E-state index in [9.17, 15) is 9.59 Å². The molecule has 28 heavy (non-hydrogen) atoms. The van der Waals surface area contributed by atoms with Crippen LogP contribution in [0.25, 0.3) is 5.69 Å². The number of amides is 2. The molecule has 0 unspecified atom stereocenters. The Bertz CT molecular complexity index is 874. The molecule has 3 rings (SSSR count). The van der Waals surface area contributed by atoms with Crippen LogP contribution >= 0.6 is 0 Å². The summed E-state index contributed by atoms with van der Waals surface area (Å²) in [5, 5.41) is 2.72.